The van der Waals surface area contributed by atoms with Gasteiger partial charge in [-0.25, -0.2) is 0 Å². The number of thiophene rings is 1. The molecule has 0 fully saturated rings. The fourth-order valence-corrected chi connectivity index (χ4v) is 8.47. The zero-order valence-corrected chi connectivity index (χ0v) is 37.0. The zero-order chi connectivity index (χ0) is 38.0. The second kappa shape index (κ2) is 17.1. The molecule has 2 aromatic carbocycles. The van der Waals surface area contributed by atoms with Gasteiger partial charge < -0.3 is 5.11 Å². The van der Waals surface area contributed by atoms with Gasteiger partial charge in [0.25, 0.3) is 0 Å². The predicted molar refractivity (Wildman–Crippen MR) is 222 cm³/mol. The van der Waals surface area contributed by atoms with E-state index in [4.69, 9.17) is 9.97 Å². The quantitative estimate of drug-likeness (QED) is 0.0861. The van der Waals surface area contributed by atoms with E-state index in [-0.39, 0.29) is 47.9 Å². The molecule has 0 saturated heterocycles. The fraction of sp³-hybridized carbons (Fsp3) is 0.468. The minimum atomic E-state index is -0.337. The van der Waals surface area contributed by atoms with E-state index in [0.29, 0.717) is 5.92 Å². The summed E-state index contributed by atoms with van der Waals surface area (Å²) in [6.45, 7) is 23.5. The third-order valence-corrected chi connectivity index (χ3v) is 12.9. The van der Waals surface area contributed by atoms with E-state index >= 15 is 0 Å². The number of aliphatic hydroxyl groups is 1. The number of allylic oxidation sites excluding steroid dienone is 2. The molecule has 0 atom stereocenters. The number of hydrogen-bond acceptors (Lipinski definition) is 5. The summed E-state index contributed by atoms with van der Waals surface area (Å²) in [5.74, 6) is 0.908. The van der Waals surface area contributed by atoms with E-state index in [1.807, 2.05) is 59.1 Å². The number of nitrogens with zero attached hydrogens (tertiary/aromatic N) is 2. The molecule has 1 aliphatic carbocycles. The van der Waals surface area contributed by atoms with Crippen LogP contribution in [0, 0.1) is 22.8 Å². The molecule has 0 unspecified atom stereocenters. The van der Waals surface area contributed by atoms with Gasteiger partial charge in [-0.1, -0.05) is 105 Å². The van der Waals surface area contributed by atoms with Gasteiger partial charge in [0.1, 0.15) is 5.76 Å². The number of rotatable bonds is 10. The summed E-state index contributed by atoms with van der Waals surface area (Å²) >= 11 is 1.90. The van der Waals surface area contributed by atoms with E-state index in [1.54, 1.807) is 0 Å². The van der Waals surface area contributed by atoms with Crippen LogP contribution in [0.2, 0.25) is 0 Å². The smallest absolute Gasteiger partial charge is 0.164 e. The molecule has 1 aliphatic rings. The van der Waals surface area contributed by atoms with E-state index in [1.165, 1.54) is 54.4 Å². The summed E-state index contributed by atoms with van der Waals surface area (Å²) in [4.78, 5) is 23.4. The van der Waals surface area contributed by atoms with Crippen LogP contribution in [0.25, 0.3) is 42.6 Å². The number of aromatic nitrogens is 2. The molecular weight excluding hydrogens is 849 g/mol. The first-order valence-electron chi connectivity index (χ1n) is 19.4. The molecule has 0 spiro atoms. The molecule has 4 nitrogen and oxygen atoms in total. The third-order valence-electron chi connectivity index (χ3n) is 11.7. The standard InChI is InChI=1S/C32H31N2S.C15H28O2.Ir/c1-19(2)14-20-15-25-27(34-18-20)11-10-24-29-28(35-31(24)25)12-13-33-30(29)22-16-21-8-6-7-9-23(21)26(17-22)32(3,4)5;1-7-14(5,8-2)12(16)11-13(17)15(6,9-3)10-4;/h6-9,12-13,15,17-19H,10-11,14H2,1-5H3;11,16H,7-10H2,1-6H3;/q-1;;/b;12-11-;. The minimum absolute atomic E-state index is 0. The Labute approximate surface area is 336 Å². The maximum atomic E-state index is 12.2. The van der Waals surface area contributed by atoms with Gasteiger partial charge in [-0.2, -0.15) is 0 Å². The van der Waals surface area contributed by atoms with Crippen LogP contribution in [0.3, 0.4) is 0 Å². The molecule has 3 aromatic heterocycles. The number of carbonyl (C=O) groups excluding carboxylic acids is 1. The van der Waals surface area contributed by atoms with Gasteiger partial charge in [-0.05, 0) is 84.9 Å². The molecule has 5 aromatic rings. The first-order chi connectivity index (χ1) is 24.6. The molecule has 0 saturated carbocycles. The van der Waals surface area contributed by atoms with E-state index in [2.05, 4.69) is 89.3 Å². The van der Waals surface area contributed by atoms with Gasteiger partial charge in [0.15, 0.2) is 5.78 Å². The number of aryl methyl sites for hydroxylation is 2. The number of carbonyl (C=O) groups is 1. The second-order valence-electron chi connectivity index (χ2n) is 16.7. The summed E-state index contributed by atoms with van der Waals surface area (Å²) in [5.41, 5.74) is 8.26. The first kappa shape index (κ1) is 42.6. The molecular formula is C47H59IrN2O2S-. The monoisotopic (exact) mass is 908 g/mol. The van der Waals surface area contributed by atoms with Crippen molar-refractivity contribution < 1.29 is 30.0 Å². The predicted octanol–water partition coefficient (Wildman–Crippen LogP) is 13.2. The van der Waals surface area contributed by atoms with E-state index in [0.717, 1.165) is 61.6 Å². The summed E-state index contributed by atoms with van der Waals surface area (Å²) in [6, 6.07) is 19.2. The summed E-state index contributed by atoms with van der Waals surface area (Å²) in [7, 11) is 0. The van der Waals surface area contributed by atoms with Crippen molar-refractivity contribution in [3.63, 3.8) is 0 Å². The van der Waals surface area contributed by atoms with Crippen LogP contribution in [0.5, 0.6) is 0 Å². The molecule has 1 radical (unpaired) electrons. The van der Waals surface area contributed by atoms with Crippen molar-refractivity contribution in [2.45, 2.75) is 127 Å². The van der Waals surface area contributed by atoms with Crippen molar-refractivity contribution in [2.75, 3.05) is 0 Å². The molecule has 0 aliphatic heterocycles. The van der Waals surface area contributed by atoms with Gasteiger partial charge in [0, 0.05) is 75.9 Å². The Hall–Kier alpha value is -3.18. The molecule has 0 amide bonds. The van der Waals surface area contributed by atoms with Crippen molar-refractivity contribution >= 4 is 38.0 Å². The molecule has 285 valence electrons. The summed E-state index contributed by atoms with van der Waals surface area (Å²) in [6.07, 6.45) is 11.9. The van der Waals surface area contributed by atoms with Gasteiger partial charge in [-0.3, -0.25) is 14.8 Å². The van der Waals surface area contributed by atoms with Crippen molar-refractivity contribution in [2.24, 2.45) is 16.7 Å². The van der Waals surface area contributed by atoms with Crippen LogP contribution in [-0.2, 0) is 49.6 Å². The van der Waals surface area contributed by atoms with E-state index < -0.39 is 0 Å². The van der Waals surface area contributed by atoms with Gasteiger partial charge in [0.2, 0.25) is 0 Å². The second-order valence-corrected chi connectivity index (χ2v) is 17.8. The molecule has 53 heavy (non-hydrogen) atoms. The van der Waals surface area contributed by atoms with Crippen molar-refractivity contribution in [3.8, 4) is 21.7 Å². The summed E-state index contributed by atoms with van der Waals surface area (Å²) < 4.78 is 1.31. The van der Waals surface area contributed by atoms with Gasteiger partial charge in [-0.15, -0.1) is 40.5 Å². The Balaban J connectivity index is 0.000000299. The number of pyridine rings is 2. The van der Waals surface area contributed by atoms with E-state index in [9.17, 15) is 9.90 Å². The van der Waals surface area contributed by atoms with Gasteiger partial charge >= 0.3 is 0 Å². The van der Waals surface area contributed by atoms with Crippen LogP contribution in [0.15, 0.2) is 66.7 Å². The largest absolute Gasteiger partial charge is 0.512 e. The fourth-order valence-electron chi connectivity index (χ4n) is 7.19. The van der Waals surface area contributed by atoms with Crippen molar-refractivity contribution in [3.05, 3.63) is 95.1 Å². The van der Waals surface area contributed by atoms with Crippen LogP contribution >= 0.6 is 11.3 Å². The van der Waals surface area contributed by atoms with Crippen molar-refractivity contribution in [1.82, 2.24) is 9.97 Å². The van der Waals surface area contributed by atoms with Crippen LogP contribution in [0.1, 0.15) is 124 Å². The Morgan fingerprint density at radius 3 is 2.21 bits per heavy atom. The van der Waals surface area contributed by atoms with Crippen molar-refractivity contribution in [1.29, 1.82) is 0 Å². The number of ketones is 1. The average Bonchev–Trinajstić information content (AvgIpc) is 3.53. The number of hydrogen-bond donors (Lipinski definition) is 1. The normalized spacial score (nSPS) is 13.3. The maximum Gasteiger partial charge on any atom is 0.164 e. The zero-order valence-electron chi connectivity index (χ0n) is 33.8. The molecule has 1 N–H and O–H groups in total. The maximum absolute atomic E-state index is 12.2. The number of fused-ring (bicyclic) bond motifs is 6. The first-order valence-corrected chi connectivity index (χ1v) is 20.2. The Morgan fingerprint density at radius 1 is 0.925 bits per heavy atom. The number of aliphatic hydroxyl groups excluding tert-OH is 1. The SMILES string of the molecule is CC(C)Cc1cnc2c(c1)-c1sc3ccnc(-c4[c-]c5ccccc5c(C(C)(C)C)c4)c3c1CC2.CCC(C)(CC)C(=O)/C=C(\O)C(C)(CC)CC.[Ir]. The molecule has 6 heteroatoms. The Bertz CT molecular complexity index is 2090. The average molecular weight is 908 g/mol. The minimum Gasteiger partial charge on any atom is -0.512 e. The molecule has 0 bridgehead atoms. The van der Waals surface area contributed by atoms with Gasteiger partial charge in [0.05, 0.1) is 0 Å². The Kier molecular flexibility index (Phi) is 13.7. The Morgan fingerprint density at radius 2 is 1.58 bits per heavy atom. The molecule has 6 rings (SSSR count). The molecule has 3 heterocycles. The van der Waals surface area contributed by atoms with Crippen LogP contribution < -0.4 is 0 Å². The van der Waals surface area contributed by atoms with Crippen LogP contribution in [0.4, 0.5) is 0 Å². The third kappa shape index (κ3) is 8.87. The number of benzene rings is 2. The van der Waals surface area contributed by atoms with Crippen LogP contribution in [-0.4, -0.2) is 20.9 Å². The summed E-state index contributed by atoms with van der Waals surface area (Å²) in [5, 5.41) is 13.9. The topological polar surface area (TPSA) is 63.1 Å².